The van der Waals surface area contributed by atoms with Crippen molar-refractivity contribution >= 4 is 62.5 Å². The zero-order valence-electron chi connectivity index (χ0n) is 18.1. The van der Waals surface area contributed by atoms with E-state index < -0.39 is 0 Å². The number of anilines is 1. The minimum absolute atomic E-state index is 0. The first kappa shape index (κ1) is 24.0. The number of likely N-dealkylation sites (tertiary alicyclic amines) is 1. The number of hydrogen-bond acceptors (Lipinski definition) is 5. The zero-order valence-corrected chi connectivity index (χ0v) is 21.2. The molecule has 1 aromatic heterocycles. The Morgan fingerprint density at radius 2 is 2.00 bits per heavy atom. The summed E-state index contributed by atoms with van der Waals surface area (Å²) in [5.41, 5.74) is 1.03. The minimum atomic E-state index is 0. The lowest BCUT2D eigenvalue weighted by atomic mass is 9.88. The Bertz CT molecular complexity index is 849. The third-order valence-electron chi connectivity index (χ3n) is 6.01. The van der Waals surface area contributed by atoms with Crippen molar-refractivity contribution in [3.05, 3.63) is 24.3 Å². The van der Waals surface area contributed by atoms with Crippen LogP contribution in [-0.4, -0.2) is 61.0 Å². The normalized spacial score (nSPS) is 19.8. The topological polar surface area (TPSA) is 81.7 Å². The molecule has 2 aliphatic rings. The van der Waals surface area contributed by atoms with Gasteiger partial charge in [-0.1, -0.05) is 42.7 Å². The van der Waals surface area contributed by atoms with Crippen LogP contribution in [0.25, 0.3) is 10.2 Å². The van der Waals surface area contributed by atoms with Crippen LogP contribution >= 0.6 is 35.3 Å². The third kappa shape index (κ3) is 6.44. The molecule has 1 aliphatic heterocycles. The van der Waals surface area contributed by atoms with Gasteiger partial charge in [-0.25, -0.2) is 4.98 Å². The Labute approximate surface area is 205 Å². The fraction of sp³-hybridized carbons (Fsp3) is 0.591. The highest BCUT2D eigenvalue weighted by atomic mass is 127. The average molecular weight is 557 g/mol. The molecule has 3 N–H and O–H groups in total. The summed E-state index contributed by atoms with van der Waals surface area (Å²) in [5, 5.41) is 11.1. The first-order valence-corrected chi connectivity index (χ1v) is 11.9. The third-order valence-corrected chi connectivity index (χ3v) is 7.00. The second kappa shape index (κ2) is 11.8. The number of aromatic nitrogens is 1. The van der Waals surface area contributed by atoms with Crippen molar-refractivity contribution in [2.45, 2.75) is 44.6 Å². The van der Waals surface area contributed by atoms with Gasteiger partial charge < -0.3 is 20.9 Å². The van der Waals surface area contributed by atoms with Crippen molar-refractivity contribution in [3.63, 3.8) is 0 Å². The van der Waals surface area contributed by atoms with E-state index in [1.165, 1.54) is 24.0 Å². The van der Waals surface area contributed by atoms with E-state index in [-0.39, 0.29) is 35.9 Å². The van der Waals surface area contributed by atoms with Gasteiger partial charge in [0.1, 0.15) is 0 Å². The number of para-hydroxylation sites is 1. The van der Waals surface area contributed by atoms with E-state index in [2.05, 4.69) is 36.9 Å². The average Bonchev–Trinajstić information content (AvgIpc) is 3.42. The molecule has 1 aromatic carbocycles. The van der Waals surface area contributed by atoms with E-state index in [0.717, 1.165) is 62.0 Å². The maximum atomic E-state index is 12.8. The number of nitrogens with one attached hydrogen (secondary N) is 3. The van der Waals surface area contributed by atoms with Crippen LogP contribution in [-0.2, 0) is 4.79 Å². The van der Waals surface area contributed by atoms with Gasteiger partial charge in [0.2, 0.25) is 5.91 Å². The van der Waals surface area contributed by atoms with E-state index in [1.807, 2.05) is 18.2 Å². The van der Waals surface area contributed by atoms with Gasteiger partial charge in [0.15, 0.2) is 11.1 Å². The number of hydrogen-bond donors (Lipinski definition) is 3. The molecule has 170 valence electrons. The summed E-state index contributed by atoms with van der Waals surface area (Å²) >= 11 is 1.67. The molecule has 31 heavy (non-hydrogen) atoms. The number of benzene rings is 1. The molecule has 4 rings (SSSR count). The molecule has 2 aromatic rings. The number of halogens is 1. The molecule has 1 saturated heterocycles. The quantitative estimate of drug-likeness (QED) is 0.219. The highest BCUT2D eigenvalue weighted by molar-refractivity contribution is 14.0. The molecule has 2 fully saturated rings. The smallest absolute Gasteiger partial charge is 0.225 e. The summed E-state index contributed by atoms with van der Waals surface area (Å²) < 4.78 is 1.19. The van der Waals surface area contributed by atoms with Crippen molar-refractivity contribution in [2.24, 2.45) is 10.9 Å². The molecule has 7 nitrogen and oxygen atoms in total. The molecule has 1 atom stereocenters. The lowest BCUT2D eigenvalue weighted by Crippen LogP contribution is -2.46. The first-order chi connectivity index (χ1) is 14.7. The highest BCUT2D eigenvalue weighted by Gasteiger charge is 2.31. The zero-order chi connectivity index (χ0) is 20.8. The van der Waals surface area contributed by atoms with Gasteiger partial charge in [-0.15, -0.1) is 24.0 Å². The molecule has 0 radical (unpaired) electrons. The van der Waals surface area contributed by atoms with Gasteiger partial charge >= 0.3 is 0 Å². The van der Waals surface area contributed by atoms with Crippen LogP contribution in [0.15, 0.2) is 29.3 Å². The van der Waals surface area contributed by atoms with E-state index >= 15 is 0 Å². The number of aliphatic imine (C=N–C) groups is 1. The maximum Gasteiger partial charge on any atom is 0.225 e. The monoisotopic (exact) mass is 556 g/mol. The number of nitrogens with zero attached hydrogens (tertiary/aromatic N) is 3. The summed E-state index contributed by atoms with van der Waals surface area (Å²) in [7, 11) is 1.79. The lowest BCUT2D eigenvalue weighted by molar-refractivity contribution is -0.135. The molecule has 1 amide bonds. The van der Waals surface area contributed by atoms with Gasteiger partial charge in [-0.05, 0) is 31.4 Å². The van der Waals surface area contributed by atoms with Crippen molar-refractivity contribution in [2.75, 3.05) is 38.5 Å². The standard InChI is InChI=1S/C22H32N6OS.HI/c1-23-21(24-12-13-25-22-27-18-9-5-6-10-19(18)30-22)26-17-11-14-28(15-17)20(29)16-7-3-2-4-8-16;/h5-6,9-10,16-17H,2-4,7-8,11-15H2,1H3,(H,25,27)(H2,23,24,26);1H. The van der Waals surface area contributed by atoms with Crippen LogP contribution in [0.3, 0.4) is 0 Å². The number of rotatable bonds is 6. The molecule has 0 spiro atoms. The number of guanidine groups is 1. The van der Waals surface area contributed by atoms with Crippen molar-refractivity contribution in [1.82, 2.24) is 20.5 Å². The van der Waals surface area contributed by atoms with Gasteiger partial charge in [-0.3, -0.25) is 9.79 Å². The van der Waals surface area contributed by atoms with Gasteiger partial charge in [0.05, 0.1) is 10.2 Å². The maximum absolute atomic E-state index is 12.8. The molecular formula is C22H33IN6OS. The van der Waals surface area contributed by atoms with Crippen LogP contribution in [0.5, 0.6) is 0 Å². The number of carbonyl (C=O) groups excluding carboxylic acids is 1. The summed E-state index contributed by atoms with van der Waals surface area (Å²) in [6.07, 6.45) is 6.80. The molecule has 1 aliphatic carbocycles. The first-order valence-electron chi connectivity index (χ1n) is 11.1. The minimum Gasteiger partial charge on any atom is -0.360 e. The molecule has 1 saturated carbocycles. The van der Waals surface area contributed by atoms with Crippen molar-refractivity contribution < 1.29 is 4.79 Å². The fourth-order valence-electron chi connectivity index (χ4n) is 4.37. The Hall–Kier alpha value is -1.62. The summed E-state index contributed by atoms with van der Waals surface area (Å²) in [6.45, 7) is 3.13. The number of fused-ring (bicyclic) bond motifs is 1. The number of carbonyl (C=O) groups is 1. The van der Waals surface area contributed by atoms with Gasteiger partial charge in [0.25, 0.3) is 0 Å². The Kier molecular flexibility index (Phi) is 9.18. The van der Waals surface area contributed by atoms with Crippen molar-refractivity contribution in [1.29, 1.82) is 0 Å². The Morgan fingerprint density at radius 1 is 1.19 bits per heavy atom. The van der Waals surface area contributed by atoms with Gasteiger partial charge in [0, 0.05) is 45.2 Å². The lowest BCUT2D eigenvalue weighted by Gasteiger charge is -2.26. The number of thiazole rings is 1. The molecule has 2 heterocycles. The fourth-order valence-corrected chi connectivity index (χ4v) is 5.26. The Balaban J connectivity index is 0.00000272. The predicted molar refractivity (Wildman–Crippen MR) is 140 cm³/mol. The Morgan fingerprint density at radius 3 is 2.77 bits per heavy atom. The van der Waals surface area contributed by atoms with Crippen LogP contribution in [0.2, 0.25) is 0 Å². The van der Waals surface area contributed by atoms with Crippen LogP contribution in [0.4, 0.5) is 5.13 Å². The molecule has 1 unspecified atom stereocenters. The summed E-state index contributed by atoms with van der Waals surface area (Å²) in [4.78, 5) is 23.7. The second-order valence-electron chi connectivity index (χ2n) is 8.16. The molecule has 0 bridgehead atoms. The molecule has 9 heteroatoms. The van der Waals surface area contributed by atoms with E-state index in [0.29, 0.717) is 5.91 Å². The van der Waals surface area contributed by atoms with Crippen LogP contribution in [0.1, 0.15) is 38.5 Å². The highest BCUT2D eigenvalue weighted by Crippen LogP contribution is 2.27. The van der Waals surface area contributed by atoms with E-state index in [9.17, 15) is 4.79 Å². The largest absolute Gasteiger partial charge is 0.360 e. The van der Waals surface area contributed by atoms with Crippen molar-refractivity contribution in [3.8, 4) is 0 Å². The van der Waals surface area contributed by atoms with Crippen LogP contribution in [0, 0.1) is 5.92 Å². The van der Waals surface area contributed by atoms with E-state index in [1.54, 1.807) is 18.4 Å². The summed E-state index contributed by atoms with van der Waals surface area (Å²) in [6, 6.07) is 8.43. The van der Waals surface area contributed by atoms with Gasteiger partial charge in [-0.2, -0.15) is 0 Å². The predicted octanol–water partition coefficient (Wildman–Crippen LogP) is 3.67. The number of amides is 1. The van der Waals surface area contributed by atoms with Crippen LogP contribution < -0.4 is 16.0 Å². The summed E-state index contributed by atoms with van der Waals surface area (Å²) in [5.74, 6) is 1.41. The molecular weight excluding hydrogens is 523 g/mol. The SMILES string of the molecule is CN=C(NCCNc1nc2ccccc2s1)NC1CCN(C(=O)C2CCCCC2)C1.I. The second-order valence-corrected chi connectivity index (χ2v) is 9.19. The van der Waals surface area contributed by atoms with E-state index in [4.69, 9.17) is 0 Å².